The van der Waals surface area contributed by atoms with E-state index in [4.69, 9.17) is 11.5 Å². The number of nitrogens with two attached hydrogens (primary N) is 2. The van der Waals surface area contributed by atoms with E-state index in [0.29, 0.717) is 17.3 Å². The van der Waals surface area contributed by atoms with Gasteiger partial charge in [-0.25, -0.2) is 0 Å². The van der Waals surface area contributed by atoms with Crippen molar-refractivity contribution in [3.05, 3.63) is 23.8 Å². The number of nitrogen functional groups attached to an aromatic ring is 1. The summed E-state index contributed by atoms with van der Waals surface area (Å²) in [5, 5.41) is 3.30. The lowest BCUT2D eigenvalue weighted by atomic mass is 10.1. The molecule has 0 bridgehead atoms. The zero-order valence-corrected chi connectivity index (χ0v) is 9.79. The van der Waals surface area contributed by atoms with Crippen LogP contribution < -0.4 is 16.8 Å². The molecule has 0 atom stereocenters. The highest BCUT2D eigenvalue weighted by atomic mass is 16.1. The number of amides is 1. The van der Waals surface area contributed by atoms with Crippen molar-refractivity contribution in [3.63, 3.8) is 0 Å². The molecule has 16 heavy (non-hydrogen) atoms. The molecular weight excluding hydrogens is 202 g/mol. The fourth-order valence-corrected chi connectivity index (χ4v) is 1.60. The van der Waals surface area contributed by atoms with Crippen LogP contribution >= 0.6 is 0 Å². The molecule has 0 aliphatic carbocycles. The van der Waals surface area contributed by atoms with Gasteiger partial charge in [0.05, 0.1) is 5.56 Å². The van der Waals surface area contributed by atoms with Crippen LogP contribution in [0.4, 0.5) is 11.4 Å². The van der Waals surface area contributed by atoms with Crippen LogP contribution in [0.5, 0.6) is 0 Å². The van der Waals surface area contributed by atoms with Gasteiger partial charge in [0, 0.05) is 17.4 Å². The summed E-state index contributed by atoms with van der Waals surface area (Å²) in [6, 6.07) is 5.51. The minimum atomic E-state index is -0.458. The first-order valence-electron chi connectivity index (χ1n) is 5.54. The molecule has 0 radical (unpaired) electrons. The third-order valence-corrected chi connectivity index (χ3v) is 2.65. The Hall–Kier alpha value is -1.71. The van der Waals surface area contributed by atoms with Crippen LogP contribution in [0, 0.1) is 0 Å². The molecule has 4 heteroatoms. The maximum atomic E-state index is 11.3. The molecule has 0 aliphatic heterocycles. The smallest absolute Gasteiger partial charge is 0.250 e. The van der Waals surface area contributed by atoms with Crippen LogP contribution in [0.25, 0.3) is 0 Å². The van der Waals surface area contributed by atoms with Crippen LogP contribution in [0.15, 0.2) is 18.2 Å². The number of carbonyl (C=O) groups excluding carboxylic acids is 1. The Kier molecular flexibility index (Phi) is 4.17. The summed E-state index contributed by atoms with van der Waals surface area (Å²) >= 11 is 0. The second-order valence-electron chi connectivity index (χ2n) is 3.83. The van der Waals surface area contributed by atoms with Gasteiger partial charge in [-0.3, -0.25) is 4.79 Å². The third kappa shape index (κ3) is 2.89. The van der Waals surface area contributed by atoms with E-state index in [-0.39, 0.29) is 0 Å². The number of carbonyl (C=O) groups is 1. The molecule has 0 aliphatic rings. The minimum absolute atomic E-state index is 0.349. The number of hydrogen-bond donors (Lipinski definition) is 3. The molecular formula is C12H19N3O. The van der Waals surface area contributed by atoms with Crippen molar-refractivity contribution in [2.75, 3.05) is 11.1 Å². The fourth-order valence-electron chi connectivity index (χ4n) is 1.60. The van der Waals surface area contributed by atoms with Crippen molar-refractivity contribution in [2.45, 2.75) is 32.7 Å². The van der Waals surface area contributed by atoms with E-state index in [0.717, 1.165) is 18.5 Å². The average Bonchev–Trinajstić information content (AvgIpc) is 2.27. The van der Waals surface area contributed by atoms with Gasteiger partial charge in [-0.2, -0.15) is 0 Å². The molecule has 0 unspecified atom stereocenters. The Bertz CT molecular complexity index is 373. The van der Waals surface area contributed by atoms with E-state index < -0.39 is 5.91 Å². The molecule has 0 spiro atoms. The first-order chi connectivity index (χ1) is 7.58. The van der Waals surface area contributed by atoms with Crippen LogP contribution in [0.3, 0.4) is 0 Å². The maximum absolute atomic E-state index is 11.3. The largest absolute Gasteiger partial charge is 0.399 e. The van der Waals surface area contributed by atoms with Gasteiger partial charge in [0.2, 0.25) is 0 Å². The summed E-state index contributed by atoms with van der Waals surface area (Å²) in [7, 11) is 0. The van der Waals surface area contributed by atoms with Crippen molar-refractivity contribution in [1.82, 2.24) is 0 Å². The molecule has 88 valence electrons. The van der Waals surface area contributed by atoms with Crippen molar-refractivity contribution in [1.29, 1.82) is 0 Å². The van der Waals surface area contributed by atoms with Crippen molar-refractivity contribution in [3.8, 4) is 0 Å². The molecule has 0 heterocycles. The van der Waals surface area contributed by atoms with Gasteiger partial charge >= 0.3 is 0 Å². The number of nitrogens with one attached hydrogen (secondary N) is 1. The van der Waals surface area contributed by atoms with Crippen LogP contribution in [0.2, 0.25) is 0 Å². The standard InChI is InChI=1S/C12H19N3O/c1-3-9(4-2)15-11-6-5-8(13)7-10(11)12(14)16/h5-7,9,15H,3-4,13H2,1-2H3,(H2,14,16). The lowest BCUT2D eigenvalue weighted by Crippen LogP contribution is -2.21. The highest BCUT2D eigenvalue weighted by Crippen LogP contribution is 2.20. The molecule has 1 aromatic carbocycles. The molecule has 4 nitrogen and oxygen atoms in total. The van der Waals surface area contributed by atoms with Gasteiger partial charge in [-0.1, -0.05) is 13.8 Å². The molecule has 1 rings (SSSR count). The van der Waals surface area contributed by atoms with Crippen molar-refractivity contribution in [2.24, 2.45) is 5.73 Å². The molecule has 0 fully saturated rings. The zero-order valence-electron chi connectivity index (χ0n) is 9.79. The van der Waals surface area contributed by atoms with E-state index in [2.05, 4.69) is 19.2 Å². The lowest BCUT2D eigenvalue weighted by Gasteiger charge is -2.18. The Balaban J connectivity index is 2.98. The Morgan fingerprint density at radius 1 is 1.38 bits per heavy atom. The van der Waals surface area contributed by atoms with Crippen LogP contribution in [0.1, 0.15) is 37.0 Å². The predicted molar refractivity (Wildman–Crippen MR) is 67.4 cm³/mol. The topological polar surface area (TPSA) is 81.1 Å². The highest BCUT2D eigenvalue weighted by Gasteiger charge is 2.11. The van der Waals surface area contributed by atoms with Gasteiger partial charge in [0.25, 0.3) is 5.91 Å². The molecule has 0 saturated heterocycles. The van der Waals surface area contributed by atoms with Crippen LogP contribution in [-0.4, -0.2) is 11.9 Å². The summed E-state index contributed by atoms with van der Waals surface area (Å²) in [5.41, 5.74) is 12.7. The lowest BCUT2D eigenvalue weighted by molar-refractivity contribution is 0.100. The Morgan fingerprint density at radius 2 is 2.00 bits per heavy atom. The van der Waals surface area contributed by atoms with E-state index in [9.17, 15) is 4.79 Å². The quantitative estimate of drug-likeness (QED) is 0.665. The maximum Gasteiger partial charge on any atom is 0.250 e. The van der Waals surface area contributed by atoms with Gasteiger partial charge < -0.3 is 16.8 Å². The molecule has 1 amide bonds. The first-order valence-corrected chi connectivity index (χ1v) is 5.54. The van der Waals surface area contributed by atoms with Crippen molar-refractivity contribution < 1.29 is 4.79 Å². The normalized spacial score (nSPS) is 10.4. The summed E-state index contributed by atoms with van der Waals surface area (Å²) in [4.78, 5) is 11.3. The molecule has 1 aromatic rings. The Labute approximate surface area is 96.0 Å². The van der Waals surface area contributed by atoms with E-state index in [1.165, 1.54) is 0 Å². The van der Waals surface area contributed by atoms with Gasteiger partial charge in [0.1, 0.15) is 0 Å². The Morgan fingerprint density at radius 3 is 2.50 bits per heavy atom. The van der Waals surface area contributed by atoms with Gasteiger partial charge in [-0.15, -0.1) is 0 Å². The van der Waals surface area contributed by atoms with Gasteiger partial charge in [-0.05, 0) is 31.0 Å². The summed E-state index contributed by atoms with van der Waals surface area (Å²) < 4.78 is 0. The summed E-state index contributed by atoms with van der Waals surface area (Å²) in [6.45, 7) is 4.20. The minimum Gasteiger partial charge on any atom is -0.399 e. The zero-order chi connectivity index (χ0) is 12.1. The number of primary amides is 1. The third-order valence-electron chi connectivity index (χ3n) is 2.65. The van der Waals surface area contributed by atoms with Crippen LogP contribution in [-0.2, 0) is 0 Å². The highest BCUT2D eigenvalue weighted by molar-refractivity contribution is 5.99. The number of hydrogen-bond acceptors (Lipinski definition) is 3. The second kappa shape index (κ2) is 5.39. The van der Waals surface area contributed by atoms with E-state index in [1.807, 2.05) is 0 Å². The molecule has 0 saturated carbocycles. The predicted octanol–water partition coefficient (Wildman–Crippen LogP) is 1.97. The molecule has 5 N–H and O–H groups in total. The van der Waals surface area contributed by atoms with E-state index >= 15 is 0 Å². The number of rotatable bonds is 5. The second-order valence-corrected chi connectivity index (χ2v) is 3.83. The molecule has 0 aromatic heterocycles. The number of anilines is 2. The average molecular weight is 221 g/mol. The summed E-state index contributed by atoms with van der Waals surface area (Å²) in [6.07, 6.45) is 2.00. The fraction of sp³-hybridized carbons (Fsp3) is 0.417. The summed E-state index contributed by atoms with van der Waals surface area (Å²) in [5.74, 6) is -0.458. The van der Waals surface area contributed by atoms with Crippen molar-refractivity contribution >= 4 is 17.3 Å². The monoisotopic (exact) mass is 221 g/mol. The number of benzene rings is 1. The SMILES string of the molecule is CCC(CC)Nc1ccc(N)cc1C(N)=O. The first kappa shape index (κ1) is 12.4. The van der Waals surface area contributed by atoms with E-state index in [1.54, 1.807) is 18.2 Å². The van der Waals surface area contributed by atoms with Gasteiger partial charge in [0.15, 0.2) is 0 Å².